The molecule has 0 unspecified atom stereocenters. The molecule has 120 valence electrons. The van der Waals surface area contributed by atoms with Crippen molar-refractivity contribution in [1.29, 1.82) is 0 Å². The van der Waals surface area contributed by atoms with Crippen molar-refractivity contribution in [2.75, 3.05) is 6.61 Å². The van der Waals surface area contributed by atoms with Gasteiger partial charge < -0.3 is 9.53 Å². The second kappa shape index (κ2) is 8.11. The van der Waals surface area contributed by atoms with E-state index in [1.54, 1.807) is 0 Å². The molecule has 2 nitrogen and oxygen atoms in total. The Morgan fingerprint density at radius 3 is 1.81 bits per heavy atom. The van der Waals surface area contributed by atoms with E-state index in [2.05, 4.69) is 47.6 Å². The summed E-state index contributed by atoms with van der Waals surface area (Å²) in [5, 5.41) is 9.41. The molecule has 3 heteroatoms. The van der Waals surface area contributed by atoms with Crippen molar-refractivity contribution in [2.24, 2.45) is 0 Å². The highest BCUT2D eigenvalue weighted by Crippen LogP contribution is 2.42. The maximum absolute atomic E-state index is 9.41. The lowest BCUT2D eigenvalue weighted by Gasteiger charge is -2.42. The summed E-state index contributed by atoms with van der Waals surface area (Å²) in [7, 11) is -1.77. The van der Waals surface area contributed by atoms with Crippen LogP contribution < -0.4 is 0 Å². The van der Waals surface area contributed by atoms with Crippen LogP contribution in [0.15, 0.2) is 24.3 Å². The zero-order chi connectivity index (χ0) is 16.0. The molecule has 1 rings (SSSR count). The van der Waals surface area contributed by atoms with Crippen molar-refractivity contribution in [2.45, 2.75) is 71.2 Å². The summed E-state index contributed by atoms with van der Waals surface area (Å²) in [4.78, 5) is 0. The standard InChI is InChI=1S/C18H32O2Si/c1-14(2)21(15(3)4,16(5)6)20-12-11-17-9-7-8-10-18(17)13-19/h7-10,14-16,19H,11-13H2,1-6H3. The maximum atomic E-state index is 9.41. The van der Waals surface area contributed by atoms with Crippen LogP contribution in [-0.4, -0.2) is 20.0 Å². The molecule has 0 aliphatic heterocycles. The van der Waals surface area contributed by atoms with Crippen LogP contribution >= 0.6 is 0 Å². The fraction of sp³-hybridized carbons (Fsp3) is 0.667. The second-order valence-electron chi connectivity index (χ2n) is 6.84. The fourth-order valence-electron chi connectivity index (χ4n) is 3.79. The average molecular weight is 309 g/mol. The smallest absolute Gasteiger partial charge is 0.200 e. The Morgan fingerprint density at radius 1 is 0.905 bits per heavy atom. The molecule has 0 amide bonds. The zero-order valence-electron chi connectivity index (χ0n) is 14.5. The van der Waals surface area contributed by atoms with Crippen molar-refractivity contribution >= 4 is 8.32 Å². The van der Waals surface area contributed by atoms with E-state index in [-0.39, 0.29) is 6.61 Å². The summed E-state index contributed by atoms with van der Waals surface area (Å²) in [5.41, 5.74) is 4.08. The Balaban J connectivity index is 2.79. The molecule has 0 aliphatic carbocycles. The van der Waals surface area contributed by atoms with E-state index < -0.39 is 8.32 Å². The third-order valence-electron chi connectivity index (χ3n) is 4.72. The first-order valence-electron chi connectivity index (χ1n) is 8.17. The molecular formula is C18H32O2Si. The van der Waals surface area contributed by atoms with Gasteiger partial charge in [-0.15, -0.1) is 0 Å². The van der Waals surface area contributed by atoms with Crippen LogP contribution in [0.3, 0.4) is 0 Å². The van der Waals surface area contributed by atoms with Gasteiger partial charge in [0.1, 0.15) is 0 Å². The predicted octanol–water partition coefficient (Wildman–Crippen LogP) is 4.91. The van der Waals surface area contributed by atoms with Gasteiger partial charge in [-0.05, 0) is 34.2 Å². The van der Waals surface area contributed by atoms with Gasteiger partial charge in [0, 0.05) is 6.61 Å². The van der Waals surface area contributed by atoms with Crippen LogP contribution in [0.1, 0.15) is 52.7 Å². The SMILES string of the molecule is CC(C)[Si](OCCc1ccccc1CO)(C(C)C)C(C)C. The Morgan fingerprint density at radius 2 is 1.38 bits per heavy atom. The minimum absolute atomic E-state index is 0.108. The summed E-state index contributed by atoms with van der Waals surface area (Å²) in [5.74, 6) is 0. The Hall–Kier alpha value is -0.643. The average Bonchev–Trinajstić information content (AvgIpc) is 2.42. The van der Waals surface area contributed by atoms with E-state index >= 15 is 0 Å². The molecule has 0 heterocycles. The summed E-state index contributed by atoms with van der Waals surface area (Å²) >= 11 is 0. The Labute approximate surface area is 131 Å². The number of hydrogen-bond donors (Lipinski definition) is 1. The fourth-order valence-corrected chi connectivity index (χ4v) is 9.25. The van der Waals surface area contributed by atoms with Gasteiger partial charge in [0.25, 0.3) is 0 Å². The lowest BCUT2D eigenvalue weighted by Crippen LogP contribution is -2.48. The number of aliphatic hydroxyl groups excluding tert-OH is 1. The van der Waals surface area contributed by atoms with Gasteiger partial charge in [-0.2, -0.15) is 0 Å². The molecular weight excluding hydrogens is 276 g/mol. The first-order valence-corrected chi connectivity index (χ1v) is 10.3. The Kier molecular flexibility index (Phi) is 7.11. The van der Waals surface area contributed by atoms with Crippen molar-refractivity contribution in [1.82, 2.24) is 0 Å². The van der Waals surface area contributed by atoms with Crippen LogP contribution in [0.5, 0.6) is 0 Å². The Bertz CT molecular complexity index is 405. The predicted molar refractivity (Wildman–Crippen MR) is 93.1 cm³/mol. The molecule has 0 atom stereocenters. The van der Waals surface area contributed by atoms with Crippen LogP contribution in [0.2, 0.25) is 16.6 Å². The van der Waals surface area contributed by atoms with Gasteiger partial charge in [-0.1, -0.05) is 65.8 Å². The monoisotopic (exact) mass is 308 g/mol. The van der Waals surface area contributed by atoms with Gasteiger partial charge in [0.15, 0.2) is 8.32 Å². The van der Waals surface area contributed by atoms with Gasteiger partial charge in [-0.25, -0.2) is 0 Å². The van der Waals surface area contributed by atoms with Gasteiger partial charge in [0.2, 0.25) is 0 Å². The van der Waals surface area contributed by atoms with E-state index in [4.69, 9.17) is 4.43 Å². The summed E-state index contributed by atoms with van der Waals surface area (Å²) in [6.45, 7) is 14.8. The van der Waals surface area contributed by atoms with E-state index in [1.165, 1.54) is 5.56 Å². The highest BCUT2D eigenvalue weighted by molar-refractivity contribution is 6.77. The van der Waals surface area contributed by atoms with E-state index in [9.17, 15) is 5.11 Å². The molecule has 0 bridgehead atoms. The molecule has 0 fully saturated rings. The first-order chi connectivity index (χ1) is 9.86. The summed E-state index contributed by atoms with van der Waals surface area (Å²) < 4.78 is 6.57. The van der Waals surface area contributed by atoms with Crippen molar-refractivity contribution in [3.63, 3.8) is 0 Å². The molecule has 1 aromatic carbocycles. The quantitative estimate of drug-likeness (QED) is 0.691. The van der Waals surface area contributed by atoms with E-state index in [0.29, 0.717) is 16.6 Å². The molecule has 0 spiro atoms. The maximum Gasteiger partial charge on any atom is 0.200 e. The molecule has 0 saturated heterocycles. The van der Waals surface area contributed by atoms with Crippen LogP contribution in [0.4, 0.5) is 0 Å². The number of rotatable bonds is 8. The van der Waals surface area contributed by atoms with Gasteiger partial charge in [-0.3, -0.25) is 0 Å². The van der Waals surface area contributed by atoms with Gasteiger partial charge in [0.05, 0.1) is 6.61 Å². The van der Waals surface area contributed by atoms with Crippen LogP contribution in [0, 0.1) is 0 Å². The normalized spacial score (nSPS) is 12.7. The topological polar surface area (TPSA) is 29.5 Å². The van der Waals surface area contributed by atoms with Gasteiger partial charge >= 0.3 is 0 Å². The molecule has 21 heavy (non-hydrogen) atoms. The summed E-state index contributed by atoms with van der Waals surface area (Å²) in [6.07, 6.45) is 0.887. The second-order valence-corrected chi connectivity index (χ2v) is 12.3. The third-order valence-corrected chi connectivity index (χ3v) is 10.8. The lowest BCUT2D eigenvalue weighted by molar-refractivity contribution is 0.271. The van der Waals surface area contributed by atoms with Crippen molar-refractivity contribution in [3.05, 3.63) is 35.4 Å². The van der Waals surface area contributed by atoms with Crippen LogP contribution in [-0.2, 0) is 17.5 Å². The molecule has 1 aromatic rings. The summed E-state index contributed by atoms with van der Waals surface area (Å²) in [6, 6.07) is 8.10. The van der Waals surface area contributed by atoms with Crippen LogP contribution in [0.25, 0.3) is 0 Å². The highest BCUT2D eigenvalue weighted by atomic mass is 28.4. The van der Waals surface area contributed by atoms with Crippen molar-refractivity contribution < 1.29 is 9.53 Å². The number of hydrogen-bond acceptors (Lipinski definition) is 2. The molecule has 0 saturated carbocycles. The zero-order valence-corrected chi connectivity index (χ0v) is 15.5. The molecule has 0 radical (unpaired) electrons. The number of aliphatic hydroxyl groups is 1. The minimum Gasteiger partial charge on any atom is -0.416 e. The first kappa shape index (κ1) is 18.4. The minimum atomic E-state index is -1.77. The number of benzene rings is 1. The largest absolute Gasteiger partial charge is 0.416 e. The molecule has 1 N–H and O–H groups in total. The van der Waals surface area contributed by atoms with E-state index in [0.717, 1.165) is 18.6 Å². The lowest BCUT2D eigenvalue weighted by atomic mass is 10.1. The van der Waals surface area contributed by atoms with E-state index in [1.807, 2.05) is 18.2 Å². The molecule has 0 aromatic heterocycles. The molecule has 0 aliphatic rings. The highest BCUT2D eigenvalue weighted by Gasteiger charge is 2.44. The van der Waals surface area contributed by atoms with Crippen molar-refractivity contribution in [3.8, 4) is 0 Å². The third kappa shape index (κ3) is 4.18.